The predicted molar refractivity (Wildman–Crippen MR) is 242 cm³/mol. The Morgan fingerprint density at radius 3 is 1.59 bits per heavy atom. The largest absolute Gasteiger partial charge is 0.344 e. The summed E-state index contributed by atoms with van der Waals surface area (Å²) in [6.07, 6.45) is 4.44. The Labute approximate surface area is 336 Å². The number of hydrogen-bond donors (Lipinski definition) is 1. The lowest BCUT2D eigenvalue weighted by atomic mass is 9.86. The molecule has 2 aliphatic rings. The third kappa shape index (κ3) is 5.05. The molecule has 4 heteroatoms. The van der Waals surface area contributed by atoms with Crippen molar-refractivity contribution in [2.24, 2.45) is 4.99 Å². The average Bonchev–Trinajstić information content (AvgIpc) is 3.81. The van der Waals surface area contributed by atoms with Crippen LogP contribution in [0.15, 0.2) is 211 Å². The molecular formula is C54H36N4. The Kier molecular flexibility index (Phi) is 7.26. The minimum Gasteiger partial charge on any atom is -0.344 e. The summed E-state index contributed by atoms with van der Waals surface area (Å²) >= 11 is 0. The van der Waals surface area contributed by atoms with Crippen LogP contribution >= 0.6 is 0 Å². The van der Waals surface area contributed by atoms with Gasteiger partial charge < -0.3 is 9.88 Å². The first-order chi connectivity index (χ1) is 28.8. The van der Waals surface area contributed by atoms with Gasteiger partial charge in [0.25, 0.3) is 0 Å². The summed E-state index contributed by atoms with van der Waals surface area (Å²) in [4.78, 5) is 5.42. The summed E-state index contributed by atoms with van der Waals surface area (Å²) in [5.74, 6) is 0.824. The van der Waals surface area contributed by atoms with Crippen LogP contribution < -0.4 is 5.32 Å². The van der Waals surface area contributed by atoms with Gasteiger partial charge in [-0.2, -0.15) is 0 Å². The van der Waals surface area contributed by atoms with Gasteiger partial charge in [-0.1, -0.05) is 158 Å². The molecule has 1 atom stereocenters. The van der Waals surface area contributed by atoms with Crippen molar-refractivity contribution in [3.8, 4) is 27.9 Å². The number of aliphatic imine (C=N–C) groups is 1. The molecule has 58 heavy (non-hydrogen) atoms. The molecule has 0 saturated heterocycles. The lowest BCUT2D eigenvalue weighted by Crippen LogP contribution is -2.38. The molecule has 0 amide bonds. The van der Waals surface area contributed by atoms with Crippen LogP contribution in [0.2, 0.25) is 0 Å². The topological polar surface area (TPSA) is 34.2 Å². The van der Waals surface area contributed by atoms with Gasteiger partial charge in [0.05, 0.1) is 33.8 Å². The quantitative estimate of drug-likeness (QED) is 0.192. The molecule has 272 valence electrons. The van der Waals surface area contributed by atoms with E-state index >= 15 is 0 Å². The number of hydrogen-bond acceptors (Lipinski definition) is 2. The molecule has 2 aromatic heterocycles. The second-order valence-electron chi connectivity index (χ2n) is 15.2. The van der Waals surface area contributed by atoms with Crippen molar-refractivity contribution in [3.63, 3.8) is 0 Å². The summed E-state index contributed by atoms with van der Waals surface area (Å²) in [6, 6.07) is 70.0. The molecule has 8 aromatic carbocycles. The molecule has 10 aromatic rings. The predicted octanol–water partition coefficient (Wildman–Crippen LogP) is 13.2. The number of nitrogens with one attached hydrogen (secondary N) is 1. The molecule has 1 aliphatic carbocycles. The molecule has 1 aliphatic heterocycles. The number of rotatable bonds is 4. The smallest absolute Gasteiger partial charge is 0.209 e. The summed E-state index contributed by atoms with van der Waals surface area (Å²) in [7, 11) is 0. The van der Waals surface area contributed by atoms with Crippen LogP contribution in [0.3, 0.4) is 0 Å². The van der Waals surface area contributed by atoms with Crippen molar-refractivity contribution in [2.75, 3.05) is 0 Å². The number of benzene rings is 8. The summed E-state index contributed by atoms with van der Waals surface area (Å²) in [6.45, 7) is 0. The first-order valence-electron chi connectivity index (χ1n) is 19.9. The van der Waals surface area contributed by atoms with Crippen molar-refractivity contribution in [1.82, 2.24) is 14.5 Å². The maximum absolute atomic E-state index is 5.42. The number of nitrogens with zero attached hydrogens (tertiary/aromatic N) is 3. The highest BCUT2D eigenvalue weighted by atomic mass is 15.2. The molecule has 1 N–H and O–H groups in total. The highest BCUT2D eigenvalue weighted by Crippen LogP contribution is 2.41. The van der Waals surface area contributed by atoms with Crippen LogP contribution in [-0.4, -0.2) is 15.1 Å². The minimum atomic E-state index is -0.0267. The molecule has 0 bridgehead atoms. The Hall–Kier alpha value is -7.69. The van der Waals surface area contributed by atoms with Gasteiger partial charge in [-0.15, -0.1) is 0 Å². The van der Waals surface area contributed by atoms with Gasteiger partial charge in [0.15, 0.2) is 0 Å². The second-order valence-corrected chi connectivity index (χ2v) is 15.2. The van der Waals surface area contributed by atoms with E-state index in [2.05, 4.69) is 221 Å². The van der Waals surface area contributed by atoms with E-state index in [-0.39, 0.29) is 6.04 Å². The summed E-state index contributed by atoms with van der Waals surface area (Å²) in [5.41, 5.74) is 16.4. The van der Waals surface area contributed by atoms with Gasteiger partial charge in [-0.25, -0.2) is 4.99 Å². The van der Waals surface area contributed by atoms with E-state index in [0.717, 1.165) is 28.3 Å². The van der Waals surface area contributed by atoms with Gasteiger partial charge in [-0.3, -0.25) is 4.57 Å². The van der Waals surface area contributed by atoms with Crippen LogP contribution in [0, 0.1) is 0 Å². The van der Waals surface area contributed by atoms with Crippen molar-refractivity contribution < 1.29 is 0 Å². The lowest BCUT2D eigenvalue weighted by molar-refractivity contribution is 0.727. The highest BCUT2D eigenvalue weighted by molar-refractivity contribution is 6.16. The Balaban J connectivity index is 0.943. The van der Waals surface area contributed by atoms with Crippen LogP contribution in [-0.2, 0) is 0 Å². The van der Waals surface area contributed by atoms with Crippen molar-refractivity contribution >= 4 is 61.3 Å². The zero-order valence-corrected chi connectivity index (χ0v) is 31.5. The first kappa shape index (κ1) is 32.5. The van der Waals surface area contributed by atoms with Gasteiger partial charge >= 0.3 is 0 Å². The summed E-state index contributed by atoms with van der Waals surface area (Å²) in [5, 5.41) is 8.81. The van der Waals surface area contributed by atoms with E-state index < -0.39 is 0 Å². The highest BCUT2D eigenvalue weighted by Gasteiger charge is 2.31. The van der Waals surface area contributed by atoms with Crippen molar-refractivity contribution in [1.29, 1.82) is 0 Å². The van der Waals surface area contributed by atoms with E-state index in [1.54, 1.807) is 0 Å². The number of aromatic nitrogens is 2. The lowest BCUT2D eigenvalue weighted by Gasteiger charge is -2.32. The minimum absolute atomic E-state index is 0.0267. The van der Waals surface area contributed by atoms with Gasteiger partial charge in [0.1, 0.15) is 0 Å². The fourth-order valence-electron chi connectivity index (χ4n) is 9.26. The zero-order valence-electron chi connectivity index (χ0n) is 31.5. The Morgan fingerprint density at radius 2 is 0.914 bits per heavy atom. The molecule has 3 heterocycles. The summed E-state index contributed by atoms with van der Waals surface area (Å²) < 4.78 is 4.67. The van der Waals surface area contributed by atoms with E-state index in [1.807, 2.05) is 0 Å². The maximum Gasteiger partial charge on any atom is 0.209 e. The Bertz CT molecular complexity index is 3340. The average molecular weight is 741 g/mol. The fourth-order valence-corrected chi connectivity index (χ4v) is 9.26. The molecule has 1 unspecified atom stereocenters. The van der Waals surface area contributed by atoms with Crippen LogP contribution in [0.5, 0.6) is 0 Å². The Morgan fingerprint density at radius 1 is 0.397 bits per heavy atom. The van der Waals surface area contributed by atoms with Crippen molar-refractivity contribution in [2.45, 2.75) is 6.04 Å². The third-order valence-corrected chi connectivity index (χ3v) is 12.0. The standard InChI is InChI=1S/C54H36N4/c1-3-14-38(15-4-1)52-45-30-27-37-13-7-8-18-42(37)53(45)56-54(55-52)58-49-22-12-10-20-44(49)47-34-40(29-32-51(47)58)36-25-23-35(24-26-36)39-28-31-50-46(33-39)43-19-9-11-21-48(43)57(50)41-16-5-2-6-17-41/h1-34,53H,(H,55,56). The van der Waals surface area contributed by atoms with E-state index in [4.69, 9.17) is 4.99 Å². The SMILES string of the molecule is C1=Cc2ccccc2C2NC(n3c4ccccc4c4cc(-c5ccc(-c6ccc7c(c6)c6ccccc6n7-c6ccccc6)cc5)ccc43)=NC(c3ccccc3)=C12. The fraction of sp³-hybridized carbons (Fsp3) is 0.0185. The van der Waals surface area contributed by atoms with Crippen LogP contribution in [0.1, 0.15) is 22.7 Å². The number of para-hydroxylation sites is 3. The maximum atomic E-state index is 5.42. The van der Waals surface area contributed by atoms with Crippen LogP contribution in [0.4, 0.5) is 0 Å². The molecule has 0 saturated carbocycles. The van der Waals surface area contributed by atoms with Gasteiger partial charge in [0, 0.05) is 38.4 Å². The van der Waals surface area contributed by atoms with Crippen LogP contribution in [0.25, 0.3) is 83.3 Å². The van der Waals surface area contributed by atoms with Gasteiger partial charge in [0.2, 0.25) is 5.96 Å². The van der Waals surface area contributed by atoms with Gasteiger partial charge in [-0.05, 0) is 81.9 Å². The van der Waals surface area contributed by atoms with Crippen molar-refractivity contribution in [3.05, 3.63) is 222 Å². The van der Waals surface area contributed by atoms with E-state index in [0.29, 0.717) is 0 Å². The molecule has 12 rings (SSSR count). The van der Waals surface area contributed by atoms with E-state index in [1.165, 1.54) is 77.2 Å². The van der Waals surface area contributed by atoms with E-state index in [9.17, 15) is 0 Å². The monoisotopic (exact) mass is 740 g/mol. The first-order valence-corrected chi connectivity index (χ1v) is 19.9. The third-order valence-electron chi connectivity index (χ3n) is 12.0. The molecule has 0 spiro atoms. The zero-order chi connectivity index (χ0) is 38.2. The molecule has 4 nitrogen and oxygen atoms in total. The molecule has 0 radical (unpaired) electrons. The molecule has 0 fully saturated rings. The molecular weight excluding hydrogens is 705 g/mol. The second kappa shape index (κ2) is 12.9. The number of fused-ring (bicyclic) bond motifs is 9. The normalized spacial score (nSPS) is 14.8.